The molecule has 3 aromatic heterocycles. The SMILES string of the molecule is CC=Cc1c(C)sc2c(-n3c4ccccc4c4cc(-c5ccc6c(c5)c5ccccc5n6-c5ccccc5)ccc43)cccc12. The third-order valence-corrected chi connectivity index (χ3v) is 10.3. The van der Waals surface area contributed by atoms with Crippen molar-refractivity contribution in [1.29, 1.82) is 0 Å². The van der Waals surface area contributed by atoms with E-state index in [2.05, 4.69) is 169 Å². The van der Waals surface area contributed by atoms with Crippen LogP contribution < -0.4 is 0 Å². The van der Waals surface area contributed by atoms with E-state index in [1.165, 1.54) is 86.6 Å². The summed E-state index contributed by atoms with van der Waals surface area (Å²) in [6.45, 7) is 4.33. The smallest absolute Gasteiger partial charge is 0.0640 e. The van der Waals surface area contributed by atoms with Gasteiger partial charge in [0.15, 0.2) is 0 Å². The molecule has 9 aromatic rings. The number of aromatic nitrogens is 2. The molecular weight excluding hydrogens is 565 g/mol. The van der Waals surface area contributed by atoms with Crippen molar-refractivity contribution in [2.45, 2.75) is 13.8 Å². The summed E-state index contributed by atoms with van der Waals surface area (Å²) >= 11 is 1.89. The predicted octanol–water partition coefficient (Wildman–Crippen LogP) is 12.1. The van der Waals surface area contributed by atoms with Crippen molar-refractivity contribution in [2.24, 2.45) is 0 Å². The number of fused-ring (bicyclic) bond motifs is 7. The maximum Gasteiger partial charge on any atom is 0.0640 e. The molecule has 0 radical (unpaired) electrons. The Labute approximate surface area is 265 Å². The van der Waals surface area contributed by atoms with Crippen LogP contribution in [0.4, 0.5) is 0 Å². The van der Waals surface area contributed by atoms with Gasteiger partial charge in [-0.2, -0.15) is 0 Å². The van der Waals surface area contributed by atoms with Crippen LogP contribution in [0.25, 0.3) is 82.3 Å². The molecule has 45 heavy (non-hydrogen) atoms. The number of allylic oxidation sites excluding steroid dienone is 1. The van der Waals surface area contributed by atoms with E-state index in [-0.39, 0.29) is 0 Å². The second-order valence-electron chi connectivity index (χ2n) is 11.7. The molecule has 0 unspecified atom stereocenters. The molecule has 0 spiro atoms. The van der Waals surface area contributed by atoms with Crippen LogP contribution in [0.3, 0.4) is 0 Å². The Morgan fingerprint density at radius 1 is 0.511 bits per heavy atom. The van der Waals surface area contributed by atoms with Crippen molar-refractivity contribution < 1.29 is 0 Å². The van der Waals surface area contributed by atoms with E-state index < -0.39 is 0 Å². The van der Waals surface area contributed by atoms with Crippen LogP contribution >= 0.6 is 11.3 Å². The number of benzene rings is 6. The van der Waals surface area contributed by atoms with Crippen LogP contribution in [0.15, 0.2) is 140 Å². The lowest BCUT2D eigenvalue weighted by Crippen LogP contribution is -1.94. The molecule has 3 heterocycles. The lowest BCUT2D eigenvalue weighted by Gasteiger charge is -2.10. The summed E-state index contributed by atoms with van der Waals surface area (Å²) in [6, 6.07) is 48.9. The summed E-state index contributed by atoms with van der Waals surface area (Å²) < 4.78 is 6.16. The Bertz CT molecular complexity index is 2610. The average Bonchev–Trinajstić information content (AvgIpc) is 3.71. The Morgan fingerprint density at radius 2 is 1.07 bits per heavy atom. The van der Waals surface area contributed by atoms with Gasteiger partial charge in [-0.3, -0.25) is 0 Å². The second-order valence-corrected chi connectivity index (χ2v) is 13.0. The van der Waals surface area contributed by atoms with Gasteiger partial charge in [0, 0.05) is 37.5 Å². The molecule has 0 fully saturated rings. The largest absolute Gasteiger partial charge is 0.309 e. The normalized spacial score (nSPS) is 12.1. The average molecular weight is 595 g/mol. The number of thiophene rings is 1. The maximum atomic E-state index is 2.46. The summed E-state index contributed by atoms with van der Waals surface area (Å²) in [6.07, 6.45) is 4.38. The summed E-state index contributed by atoms with van der Waals surface area (Å²) in [4.78, 5) is 1.35. The maximum absolute atomic E-state index is 2.46. The van der Waals surface area contributed by atoms with Crippen molar-refractivity contribution >= 4 is 71.1 Å². The highest BCUT2D eigenvalue weighted by Crippen LogP contribution is 2.41. The van der Waals surface area contributed by atoms with Crippen LogP contribution in [0.1, 0.15) is 17.4 Å². The molecule has 0 amide bonds. The van der Waals surface area contributed by atoms with E-state index in [9.17, 15) is 0 Å². The molecule has 3 heteroatoms. The van der Waals surface area contributed by atoms with Crippen LogP contribution in [-0.2, 0) is 0 Å². The first-order valence-electron chi connectivity index (χ1n) is 15.5. The lowest BCUT2D eigenvalue weighted by atomic mass is 10.0. The third-order valence-electron chi connectivity index (χ3n) is 9.19. The van der Waals surface area contributed by atoms with Crippen molar-refractivity contribution in [3.63, 3.8) is 0 Å². The summed E-state index contributed by atoms with van der Waals surface area (Å²) in [5, 5.41) is 6.40. The van der Waals surface area contributed by atoms with Crippen molar-refractivity contribution in [2.75, 3.05) is 0 Å². The molecule has 0 atom stereocenters. The number of rotatable bonds is 4. The standard InChI is InChI=1S/C42H30N2S/c1-3-12-31-27(2)45-42-34(31)17-11-20-41(42)44-38-19-10-8-16-33(38)36-26-29(22-24-40(36)44)28-21-23-39-35(25-28)32-15-7-9-18-37(32)43(39)30-13-5-4-6-14-30/h3-26H,1-2H3. The van der Waals surface area contributed by atoms with Gasteiger partial charge in [0.1, 0.15) is 0 Å². The first kappa shape index (κ1) is 26.1. The van der Waals surface area contributed by atoms with Gasteiger partial charge in [-0.05, 0) is 85.1 Å². The van der Waals surface area contributed by atoms with E-state index in [1.54, 1.807) is 0 Å². The van der Waals surface area contributed by atoms with Gasteiger partial charge in [-0.1, -0.05) is 91.0 Å². The highest BCUT2D eigenvalue weighted by atomic mass is 32.1. The fourth-order valence-corrected chi connectivity index (χ4v) is 8.36. The fourth-order valence-electron chi connectivity index (χ4n) is 7.21. The Kier molecular flexibility index (Phi) is 5.84. The quantitative estimate of drug-likeness (QED) is 0.192. The molecule has 0 saturated heterocycles. The summed E-state index contributed by atoms with van der Waals surface area (Å²) in [5.41, 5.74) is 11.1. The molecular formula is C42H30N2S. The predicted molar refractivity (Wildman–Crippen MR) is 195 cm³/mol. The minimum atomic E-state index is 1.18. The van der Waals surface area contributed by atoms with Crippen LogP contribution in [0, 0.1) is 6.92 Å². The van der Waals surface area contributed by atoms with E-state index >= 15 is 0 Å². The van der Waals surface area contributed by atoms with Crippen LogP contribution in [-0.4, -0.2) is 9.13 Å². The molecule has 2 nitrogen and oxygen atoms in total. The van der Waals surface area contributed by atoms with Gasteiger partial charge < -0.3 is 9.13 Å². The Morgan fingerprint density at radius 3 is 1.73 bits per heavy atom. The fraction of sp³-hybridized carbons (Fsp3) is 0.0476. The summed E-state index contributed by atoms with van der Waals surface area (Å²) in [5.74, 6) is 0. The molecule has 214 valence electrons. The first-order valence-corrected chi connectivity index (χ1v) is 16.3. The van der Waals surface area contributed by atoms with Crippen LogP contribution in [0.5, 0.6) is 0 Å². The number of hydrogen-bond acceptors (Lipinski definition) is 1. The molecule has 0 saturated carbocycles. The minimum Gasteiger partial charge on any atom is -0.309 e. The van der Waals surface area contributed by atoms with Gasteiger partial charge in [-0.15, -0.1) is 11.3 Å². The topological polar surface area (TPSA) is 9.86 Å². The second kappa shape index (κ2) is 10.1. The van der Waals surface area contributed by atoms with Crippen LogP contribution in [0.2, 0.25) is 0 Å². The van der Waals surface area contributed by atoms with Gasteiger partial charge >= 0.3 is 0 Å². The molecule has 0 aliphatic rings. The Hall–Kier alpha value is -5.38. The van der Waals surface area contributed by atoms with Crippen molar-refractivity contribution in [3.05, 3.63) is 150 Å². The zero-order valence-electron chi connectivity index (χ0n) is 25.2. The highest BCUT2D eigenvalue weighted by molar-refractivity contribution is 7.19. The number of nitrogens with zero attached hydrogens (tertiary/aromatic N) is 2. The number of aryl methyl sites for hydroxylation is 1. The zero-order chi connectivity index (χ0) is 30.1. The molecule has 6 aromatic carbocycles. The number of hydrogen-bond donors (Lipinski definition) is 0. The molecule has 0 aliphatic heterocycles. The van der Waals surface area contributed by atoms with E-state index in [0.717, 1.165) is 0 Å². The Balaban J connectivity index is 1.26. The minimum absolute atomic E-state index is 1.18. The first-order chi connectivity index (χ1) is 22.2. The van der Waals surface area contributed by atoms with Crippen molar-refractivity contribution in [1.82, 2.24) is 9.13 Å². The van der Waals surface area contributed by atoms with Gasteiger partial charge in [0.25, 0.3) is 0 Å². The molecule has 9 rings (SSSR count). The van der Waals surface area contributed by atoms with E-state index in [4.69, 9.17) is 0 Å². The summed E-state index contributed by atoms with van der Waals surface area (Å²) in [7, 11) is 0. The monoisotopic (exact) mass is 594 g/mol. The highest BCUT2D eigenvalue weighted by Gasteiger charge is 2.18. The lowest BCUT2D eigenvalue weighted by molar-refractivity contribution is 1.18. The molecule has 0 N–H and O–H groups in total. The van der Waals surface area contributed by atoms with E-state index in [1.807, 2.05) is 11.3 Å². The molecule has 0 bridgehead atoms. The van der Waals surface area contributed by atoms with Crippen molar-refractivity contribution in [3.8, 4) is 22.5 Å². The van der Waals surface area contributed by atoms with Gasteiger partial charge in [-0.25, -0.2) is 0 Å². The van der Waals surface area contributed by atoms with Gasteiger partial charge in [0.05, 0.1) is 32.5 Å². The third kappa shape index (κ3) is 3.87. The van der Waals surface area contributed by atoms with E-state index in [0.29, 0.717) is 0 Å². The van der Waals surface area contributed by atoms with Gasteiger partial charge in [0.2, 0.25) is 0 Å². The number of para-hydroxylation sites is 3. The zero-order valence-corrected chi connectivity index (χ0v) is 26.0. The molecule has 0 aliphatic carbocycles.